The monoisotopic (exact) mass is 213 g/mol. The molecule has 0 amide bonds. The van der Waals surface area contributed by atoms with E-state index in [1.807, 2.05) is 18.2 Å². The van der Waals surface area contributed by atoms with Gasteiger partial charge in [-0.2, -0.15) is 0 Å². The van der Waals surface area contributed by atoms with E-state index in [1.165, 1.54) is 0 Å². The van der Waals surface area contributed by atoms with Crippen molar-refractivity contribution < 1.29 is 4.74 Å². The van der Waals surface area contributed by atoms with Gasteiger partial charge in [0.25, 0.3) is 0 Å². The third kappa shape index (κ3) is 2.40. The Morgan fingerprint density at radius 1 is 1.50 bits per heavy atom. The van der Waals surface area contributed by atoms with Crippen LogP contribution in [0.1, 0.15) is 24.8 Å². The van der Waals surface area contributed by atoms with Crippen LogP contribution in [0, 0.1) is 0 Å². The molecule has 78 valence electrons. The molecule has 1 unspecified atom stereocenters. The highest BCUT2D eigenvalue weighted by atomic mass is 35.5. The minimum absolute atomic E-state index is 0.341. The summed E-state index contributed by atoms with van der Waals surface area (Å²) in [4.78, 5) is 0. The molecule has 1 aromatic carbocycles. The minimum Gasteiger partial charge on any atom is -0.497 e. The van der Waals surface area contributed by atoms with Gasteiger partial charge in [-0.15, -0.1) is 0 Å². The molecule has 0 aliphatic heterocycles. The van der Waals surface area contributed by atoms with Gasteiger partial charge in [-0.1, -0.05) is 24.6 Å². The molecule has 2 N–H and O–H groups in total. The number of nitrogens with two attached hydrogens (primary N) is 1. The molecule has 0 heterocycles. The Morgan fingerprint density at radius 3 is 2.64 bits per heavy atom. The predicted molar refractivity (Wildman–Crippen MR) is 60.1 cm³/mol. The lowest BCUT2D eigenvalue weighted by atomic mass is 9.96. The molecule has 0 fully saturated rings. The van der Waals surface area contributed by atoms with Gasteiger partial charge >= 0.3 is 0 Å². The number of methoxy groups -OCH3 is 1. The topological polar surface area (TPSA) is 35.2 Å². The first-order chi connectivity index (χ1) is 6.72. The maximum atomic E-state index is 6.12. The zero-order chi connectivity index (χ0) is 10.6. The quantitative estimate of drug-likeness (QED) is 0.835. The second kappa shape index (κ2) is 5.23. The lowest BCUT2D eigenvalue weighted by molar-refractivity contribution is 0.414. The third-order valence-electron chi connectivity index (χ3n) is 2.42. The van der Waals surface area contributed by atoms with Gasteiger partial charge in [-0.25, -0.2) is 0 Å². The Balaban J connectivity index is 2.98. The number of hydrogen-bond donors (Lipinski definition) is 1. The predicted octanol–water partition coefficient (Wildman–Crippen LogP) is 2.80. The number of halogens is 1. The molecule has 0 aliphatic carbocycles. The van der Waals surface area contributed by atoms with Crippen molar-refractivity contribution in [2.75, 3.05) is 13.7 Å². The molecule has 0 saturated heterocycles. The second-order valence-corrected chi connectivity index (χ2v) is 3.64. The molecule has 0 aromatic heterocycles. The van der Waals surface area contributed by atoms with Crippen LogP contribution in [0.2, 0.25) is 5.02 Å². The Bertz CT molecular complexity index is 297. The fourth-order valence-corrected chi connectivity index (χ4v) is 1.80. The van der Waals surface area contributed by atoms with Crippen molar-refractivity contribution in [3.05, 3.63) is 28.8 Å². The first kappa shape index (κ1) is 11.3. The molecule has 0 aliphatic rings. The Morgan fingerprint density at radius 2 is 2.21 bits per heavy atom. The van der Waals surface area contributed by atoms with Crippen LogP contribution in [0.15, 0.2) is 18.2 Å². The summed E-state index contributed by atoms with van der Waals surface area (Å²) in [5.41, 5.74) is 6.77. The molecule has 1 rings (SSSR count). The van der Waals surface area contributed by atoms with E-state index >= 15 is 0 Å². The molecular formula is C11H16ClNO. The highest BCUT2D eigenvalue weighted by molar-refractivity contribution is 6.31. The van der Waals surface area contributed by atoms with E-state index in [4.69, 9.17) is 22.1 Å². The third-order valence-corrected chi connectivity index (χ3v) is 2.75. The zero-order valence-electron chi connectivity index (χ0n) is 8.59. The van der Waals surface area contributed by atoms with Crippen LogP contribution in [0.4, 0.5) is 0 Å². The van der Waals surface area contributed by atoms with E-state index in [1.54, 1.807) is 7.11 Å². The first-order valence-corrected chi connectivity index (χ1v) is 5.14. The van der Waals surface area contributed by atoms with E-state index in [0.29, 0.717) is 12.5 Å². The molecule has 2 nitrogen and oxygen atoms in total. The number of hydrogen-bond acceptors (Lipinski definition) is 2. The normalized spacial score (nSPS) is 12.6. The van der Waals surface area contributed by atoms with Gasteiger partial charge in [0.15, 0.2) is 0 Å². The summed E-state index contributed by atoms with van der Waals surface area (Å²) in [5.74, 6) is 1.12. The average Bonchev–Trinajstić information content (AvgIpc) is 2.22. The van der Waals surface area contributed by atoms with Crippen molar-refractivity contribution in [1.29, 1.82) is 0 Å². The van der Waals surface area contributed by atoms with E-state index in [-0.39, 0.29) is 0 Å². The van der Waals surface area contributed by atoms with Crippen LogP contribution in [-0.4, -0.2) is 13.7 Å². The van der Waals surface area contributed by atoms with Crippen LogP contribution < -0.4 is 10.5 Å². The Labute approximate surface area is 90.0 Å². The fourth-order valence-electron chi connectivity index (χ4n) is 1.48. The van der Waals surface area contributed by atoms with Crippen molar-refractivity contribution in [3.8, 4) is 5.75 Å². The second-order valence-electron chi connectivity index (χ2n) is 3.23. The molecule has 0 spiro atoms. The lowest BCUT2D eigenvalue weighted by Gasteiger charge is -2.14. The summed E-state index contributed by atoms with van der Waals surface area (Å²) in [7, 11) is 1.63. The summed E-state index contributed by atoms with van der Waals surface area (Å²) in [6.45, 7) is 2.74. The molecule has 3 heteroatoms. The smallest absolute Gasteiger partial charge is 0.120 e. The van der Waals surface area contributed by atoms with Gasteiger partial charge in [0.05, 0.1) is 7.11 Å². The highest BCUT2D eigenvalue weighted by Gasteiger charge is 2.11. The number of rotatable bonds is 4. The molecule has 0 radical (unpaired) electrons. The Hall–Kier alpha value is -0.730. The van der Waals surface area contributed by atoms with Crippen molar-refractivity contribution >= 4 is 11.6 Å². The largest absolute Gasteiger partial charge is 0.497 e. The van der Waals surface area contributed by atoms with Crippen molar-refractivity contribution in [1.82, 2.24) is 0 Å². The van der Waals surface area contributed by atoms with E-state index in [9.17, 15) is 0 Å². The standard InChI is InChI=1S/C11H16ClNO/c1-3-8(7-13)10-5-4-9(14-2)6-11(10)12/h4-6,8H,3,7,13H2,1-2H3. The summed E-state index contributed by atoms with van der Waals surface area (Å²) in [6.07, 6.45) is 1.00. The zero-order valence-corrected chi connectivity index (χ0v) is 9.34. The molecule has 0 saturated carbocycles. The molecule has 14 heavy (non-hydrogen) atoms. The first-order valence-electron chi connectivity index (χ1n) is 4.76. The van der Waals surface area contributed by atoms with Crippen LogP contribution in [0.3, 0.4) is 0 Å². The summed E-state index contributed by atoms with van der Waals surface area (Å²) < 4.78 is 5.08. The van der Waals surface area contributed by atoms with Crippen LogP contribution in [0.25, 0.3) is 0 Å². The average molecular weight is 214 g/mol. The van der Waals surface area contributed by atoms with Crippen molar-refractivity contribution in [2.24, 2.45) is 5.73 Å². The SMILES string of the molecule is CCC(CN)c1ccc(OC)cc1Cl. The Kier molecular flexibility index (Phi) is 4.23. The summed E-state index contributed by atoms with van der Waals surface area (Å²) in [5, 5.41) is 0.738. The van der Waals surface area contributed by atoms with E-state index in [0.717, 1.165) is 22.8 Å². The maximum absolute atomic E-state index is 6.12. The van der Waals surface area contributed by atoms with Gasteiger partial charge in [0, 0.05) is 5.02 Å². The molecule has 1 atom stereocenters. The summed E-state index contributed by atoms with van der Waals surface area (Å²) >= 11 is 6.12. The van der Waals surface area contributed by atoms with Crippen molar-refractivity contribution in [2.45, 2.75) is 19.3 Å². The van der Waals surface area contributed by atoms with E-state index < -0.39 is 0 Å². The van der Waals surface area contributed by atoms with E-state index in [2.05, 4.69) is 6.92 Å². The number of ether oxygens (including phenoxy) is 1. The fraction of sp³-hybridized carbons (Fsp3) is 0.455. The van der Waals surface area contributed by atoms with Gasteiger partial charge in [-0.3, -0.25) is 0 Å². The van der Waals surface area contributed by atoms with Gasteiger partial charge < -0.3 is 10.5 Å². The van der Waals surface area contributed by atoms with Gasteiger partial charge in [0.1, 0.15) is 5.75 Å². The molecular weight excluding hydrogens is 198 g/mol. The number of benzene rings is 1. The van der Waals surface area contributed by atoms with Crippen molar-refractivity contribution in [3.63, 3.8) is 0 Å². The minimum atomic E-state index is 0.341. The summed E-state index contributed by atoms with van der Waals surface area (Å²) in [6, 6.07) is 5.73. The van der Waals surface area contributed by atoms with Crippen LogP contribution in [-0.2, 0) is 0 Å². The van der Waals surface area contributed by atoms with Gasteiger partial charge in [-0.05, 0) is 36.6 Å². The maximum Gasteiger partial charge on any atom is 0.120 e. The highest BCUT2D eigenvalue weighted by Crippen LogP contribution is 2.29. The molecule has 0 bridgehead atoms. The van der Waals surface area contributed by atoms with Crippen LogP contribution in [0.5, 0.6) is 5.75 Å². The lowest BCUT2D eigenvalue weighted by Crippen LogP contribution is -2.11. The van der Waals surface area contributed by atoms with Crippen LogP contribution >= 0.6 is 11.6 Å². The van der Waals surface area contributed by atoms with Gasteiger partial charge in [0.2, 0.25) is 0 Å². The molecule has 1 aromatic rings.